The molecule has 8 nitrogen and oxygen atoms in total. The number of nitrogens with one attached hydrogen (secondary N) is 1. The Balaban J connectivity index is 1.58. The number of nitrogen functional groups attached to an aromatic ring is 1. The maximum atomic E-state index is 13.0. The average Bonchev–Trinajstić information content (AvgIpc) is 3.19. The number of fused-ring (bicyclic) bond motifs is 2. The molecule has 4 N–H and O–H groups in total. The summed E-state index contributed by atoms with van der Waals surface area (Å²) in [5.74, 6) is -1.96. The van der Waals surface area contributed by atoms with Crippen LogP contribution in [-0.4, -0.2) is 40.9 Å². The van der Waals surface area contributed by atoms with E-state index in [0.29, 0.717) is 30.7 Å². The summed E-state index contributed by atoms with van der Waals surface area (Å²) < 4.78 is 5.37. The molecule has 0 saturated carbocycles. The smallest absolute Gasteiger partial charge is 0.322 e. The van der Waals surface area contributed by atoms with Gasteiger partial charge in [-0.3, -0.25) is 14.4 Å². The number of hydrogen-bond donors (Lipinski definition) is 3. The van der Waals surface area contributed by atoms with E-state index in [4.69, 9.17) is 26.9 Å². The van der Waals surface area contributed by atoms with Gasteiger partial charge in [0.1, 0.15) is 12.1 Å². The Hall–Kier alpha value is -3.52. The van der Waals surface area contributed by atoms with Crippen molar-refractivity contribution in [2.24, 2.45) is 0 Å². The van der Waals surface area contributed by atoms with Crippen molar-refractivity contribution in [1.29, 1.82) is 0 Å². The summed E-state index contributed by atoms with van der Waals surface area (Å²) in [7, 11) is 0. The summed E-state index contributed by atoms with van der Waals surface area (Å²) in [5, 5.41) is 12.0. The van der Waals surface area contributed by atoms with Crippen molar-refractivity contribution in [2.45, 2.75) is 13.0 Å². The number of aliphatic carboxylic acids is 1. The lowest BCUT2D eigenvalue weighted by Gasteiger charge is -2.30. The minimum Gasteiger partial charge on any atom is -0.480 e. The van der Waals surface area contributed by atoms with Crippen LogP contribution in [0.2, 0.25) is 5.02 Å². The number of halogens is 1. The maximum absolute atomic E-state index is 13.0. The molecule has 1 aliphatic rings. The highest BCUT2D eigenvalue weighted by Gasteiger charge is 2.27. The number of carbonyl (C=O) groups is 3. The molecule has 0 fully saturated rings. The molecule has 1 aliphatic heterocycles. The van der Waals surface area contributed by atoms with Crippen LogP contribution in [0.3, 0.4) is 0 Å². The molecule has 2 heterocycles. The van der Waals surface area contributed by atoms with Gasteiger partial charge in [-0.2, -0.15) is 0 Å². The highest BCUT2D eigenvalue weighted by Crippen LogP contribution is 2.33. The first-order valence-electron chi connectivity index (χ1n) is 9.21. The number of carboxylic acids is 1. The topological polar surface area (TPSA) is 126 Å². The van der Waals surface area contributed by atoms with Crippen LogP contribution in [0.5, 0.6) is 0 Å². The van der Waals surface area contributed by atoms with Crippen LogP contribution >= 0.6 is 11.6 Å². The number of anilines is 1. The predicted molar refractivity (Wildman–Crippen MR) is 110 cm³/mol. The third-order valence-electron chi connectivity index (χ3n) is 5.13. The van der Waals surface area contributed by atoms with E-state index in [-0.39, 0.29) is 22.2 Å². The highest BCUT2D eigenvalue weighted by atomic mass is 35.5. The summed E-state index contributed by atoms with van der Waals surface area (Å²) >= 11 is 6.27. The third-order valence-corrected chi connectivity index (χ3v) is 5.43. The van der Waals surface area contributed by atoms with Gasteiger partial charge in [-0.15, -0.1) is 0 Å². The largest absolute Gasteiger partial charge is 0.480 e. The molecule has 154 valence electrons. The maximum Gasteiger partial charge on any atom is 0.322 e. The Morgan fingerprint density at radius 3 is 2.80 bits per heavy atom. The third kappa shape index (κ3) is 3.57. The normalized spacial score (nSPS) is 13.2. The van der Waals surface area contributed by atoms with E-state index >= 15 is 0 Å². The van der Waals surface area contributed by atoms with Crippen molar-refractivity contribution in [2.75, 3.05) is 18.8 Å². The number of nitrogens with two attached hydrogens (primary N) is 1. The van der Waals surface area contributed by atoms with Crippen LogP contribution in [0.1, 0.15) is 31.8 Å². The van der Waals surface area contributed by atoms with Gasteiger partial charge in [0.2, 0.25) is 0 Å². The van der Waals surface area contributed by atoms with Crippen molar-refractivity contribution in [3.63, 3.8) is 0 Å². The Morgan fingerprint density at radius 1 is 1.23 bits per heavy atom. The molecular weight excluding hydrogens is 410 g/mol. The van der Waals surface area contributed by atoms with Gasteiger partial charge in [-0.25, -0.2) is 0 Å². The number of amides is 2. The number of benzene rings is 2. The van der Waals surface area contributed by atoms with Gasteiger partial charge in [-0.05, 0) is 41.8 Å². The van der Waals surface area contributed by atoms with Crippen LogP contribution in [0.25, 0.3) is 11.0 Å². The number of nitrogens with zero attached hydrogens (tertiary/aromatic N) is 1. The molecule has 9 heteroatoms. The van der Waals surface area contributed by atoms with Crippen molar-refractivity contribution in [3.8, 4) is 0 Å². The second-order valence-electron chi connectivity index (χ2n) is 7.01. The molecule has 0 radical (unpaired) electrons. The second kappa shape index (κ2) is 7.72. The fourth-order valence-corrected chi connectivity index (χ4v) is 3.97. The summed E-state index contributed by atoms with van der Waals surface area (Å²) in [6.45, 7) is 0.184. The van der Waals surface area contributed by atoms with Crippen LogP contribution in [0.4, 0.5) is 5.69 Å². The summed E-state index contributed by atoms with van der Waals surface area (Å²) in [6, 6.07) is 8.74. The highest BCUT2D eigenvalue weighted by molar-refractivity contribution is 6.34. The fraction of sp³-hybridized carbons (Fsp3) is 0.190. The molecule has 0 bridgehead atoms. The summed E-state index contributed by atoms with van der Waals surface area (Å²) in [5.41, 5.74) is 9.11. The Bertz CT molecular complexity index is 1190. The van der Waals surface area contributed by atoms with Gasteiger partial charge in [-0.1, -0.05) is 17.7 Å². The standard InChI is InChI=1S/C21H18ClN3O5/c22-15-7-13-10-25(21(29)12-2-1-11-4-6-30-16(11)8-12)5-3-14(13)19(23)18(15)20(28)24-9-17(26)27/h1-2,4,6-8H,3,5,9-10,23H2,(H,24,28)(H,26,27). The van der Waals surface area contributed by atoms with Gasteiger partial charge < -0.3 is 25.5 Å². The average molecular weight is 428 g/mol. The fourth-order valence-electron chi connectivity index (χ4n) is 3.65. The van der Waals surface area contributed by atoms with Crippen LogP contribution in [0.15, 0.2) is 41.0 Å². The first kappa shape index (κ1) is 19.8. The molecule has 3 aromatic rings. The zero-order valence-corrected chi connectivity index (χ0v) is 16.5. The monoisotopic (exact) mass is 427 g/mol. The van der Waals surface area contributed by atoms with Crippen molar-refractivity contribution in [3.05, 3.63) is 63.9 Å². The van der Waals surface area contributed by atoms with Crippen LogP contribution in [0, 0.1) is 0 Å². The van der Waals surface area contributed by atoms with E-state index in [1.807, 2.05) is 12.1 Å². The summed E-state index contributed by atoms with van der Waals surface area (Å²) in [4.78, 5) is 37.7. The second-order valence-corrected chi connectivity index (χ2v) is 7.42. The van der Waals surface area contributed by atoms with Gasteiger partial charge in [0.05, 0.1) is 16.8 Å². The van der Waals surface area contributed by atoms with Crippen LogP contribution in [-0.2, 0) is 17.8 Å². The molecule has 30 heavy (non-hydrogen) atoms. The lowest BCUT2D eigenvalue weighted by molar-refractivity contribution is -0.135. The predicted octanol–water partition coefficient (Wildman–Crippen LogP) is 2.68. The number of carbonyl (C=O) groups excluding carboxylic acids is 2. The molecule has 0 unspecified atom stereocenters. The number of rotatable bonds is 4. The molecule has 0 atom stereocenters. The first-order chi connectivity index (χ1) is 14.3. The molecule has 0 saturated heterocycles. The quantitative estimate of drug-likeness (QED) is 0.549. The van der Waals surface area contributed by atoms with Gasteiger partial charge in [0, 0.05) is 29.7 Å². The van der Waals surface area contributed by atoms with Gasteiger partial charge in [0.25, 0.3) is 11.8 Å². The van der Waals surface area contributed by atoms with E-state index in [1.54, 1.807) is 29.4 Å². The number of hydrogen-bond acceptors (Lipinski definition) is 5. The molecular formula is C21H18ClN3O5. The zero-order chi connectivity index (χ0) is 21.4. The van der Waals surface area contributed by atoms with Gasteiger partial charge >= 0.3 is 5.97 Å². The van der Waals surface area contributed by atoms with E-state index < -0.39 is 18.4 Å². The van der Waals surface area contributed by atoms with E-state index in [1.165, 1.54) is 0 Å². The van der Waals surface area contributed by atoms with E-state index in [9.17, 15) is 14.4 Å². The van der Waals surface area contributed by atoms with Gasteiger partial charge in [0.15, 0.2) is 0 Å². The lowest BCUT2D eigenvalue weighted by Crippen LogP contribution is -2.37. The SMILES string of the molecule is Nc1c2c(cc(Cl)c1C(=O)NCC(=O)O)CN(C(=O)c1ccc3ccoc3c1)CC2. The van der Waals surface area contributed by atoms with Crippen molar-refractivity contribution >= 4 is 46.0 Å². The first-order valence-corrected chi connectivity index (χ1v) is 9.59. The van der Waals surface area contributed by atoms with Crippen LogP contribution < -0.4 is 11.1 Å². The number of furan rings is 1. The molecule has 0 aliphatic carbocycles. The van der Waals surface area contributed by atoms with E-state index in [2.05, 4.69) is 5.32 Å². The molecule has 2 aromatic carbocycles. The Morgan fingerprint density at radius 2 is 2.03 bits per heavy atom. The minimum atomic E-state index is -1.17. The molecule has 2 amide bonds. The Labute approximate surface area is 176 Å². The zero-order valence-electron chi connectivity index (χ0n) is 15.8. The van der Waals surface area contributed by atoms with Crippen molar-refractivity contribution in [1.82, 2.24) is 10.2 Å². The minimum absolute atomic E-state index is 0.0553. The molecule has 4 rings (SSSR count). The molecule has 1 aromatic heterocycles. The lowest BCUT2D eigenvalue weighted by atomic mass is 9.94. The van der Waals surface area contributed by atoms with E-state index in [0.717, 1.165) is 16.5 Å². The summed E-state index contributed by atoms with van der Waals surface area (Å²) in [6.07, 6.45) is 2.03. The Kier molecular flexibility index (Phi) is 5.09. The molecule has 0 spiro atoms. The van der Waals surface area contributed by atoms with Crippen molar-refractivity contribution < 1.29 is 23.9 Å². The number of carboxylic acid groups (broad SMARTS) is 1.